The first-order valence-corrected chi connectivity index (χ1v) is 10.7. The number of hydrogen-bond acceptors (Lipinski definition) is 4. The Bertz CT molecular complexity index is 948. The zero-order chi connectivity index (χ0) is 20.1. The molecular weight excluding hydrogens is 428 g/mol. The van der Waals surface area contributed by atoms with Gasteiger partial charge >= 0.3 is 0 Å². The van der Waals surface area contributed by atoms with Crippen LogP contribution in [0.15, 0.2) is 65.1 Å². The fourth-order valence-electron chi connectivity index (χ4n) is 3.48. The van der Waals surface area contributed by atoms with Crippen LogP contribution in [0.5, 0.6) is 0 Å². The summed E-state index contributed by atoms with van der Waals surface area (Å²) in [7, 11) is 0. The first-order chi connectivity index (χ1) is 14.2. The van der Waals surface area contributed by atoms with E-state index < -0.39 is 0 Å². The number of aromatic nitrogens is 2. The first kappa shape index (κ1) is 19.6. The predicted octanol–water partition coefficient (Wildman–Crippen LogP) is 5.54. The summed E-state index contributed by atoms with van der Waals surface area (Å²) in [6.07, 6.45) is 5.03. The van der Waals surface area contributed by atoms with Crippen LogP contribution in [0.3, 0.4) is 0 Å². The SMILES string of the molecule is O=C(Nc1ccc(-c2ccc(N3CCCCCC3)nn2)cc1)c1ccc(Br)cc1. The standard InChI is InChI=1S/C23H23BrN4O/c24-19-9-5-18(6-10-19)23(29)25-20-11-7-17(8-12-20)21-13-14-22(27-26-21)28-15-3-1-2-4-16-28/h5-14H,1-4,15-16H2,(H,25,29). The van der Waals surface area contributed by atoms with Crippen molar-refractivity contribution >= 4 is 33.3 Å². The van der Waals surface area contributed by atoms with E-state index in [-0.39, 0.29) is 5.91 Å². The van der Waals surface area contributed by atoms with E-state index >= 15 is 0 Å². The van der Waals surface area contributed by atoms with Gasteiger partial charge in [-0.25, -0.2) is 0 Å². The molecule has 6 heteroatoms. The van der Waals surface area contributed by atoms with Crippen LogP contribution < -0.4 is 10.2 Å². The van der Waals surface area contributed by atoms with Crippen LogP contribution in [0.4, 0.5) is 11.5 Å². The molecule has 0 atom stereocenters. The van der Waals surface area contributed by atoms with Gasteiger partial charge in [-0.3, -0.25) is 4.79 Å². The van der Waals surface area contributed by atoms with Crippen molar-refractivity contribution in [2.45, 2.75) is 25.7 Å². The highest BCUT2D eigenvalue weighted by Crippen LogP contribution is 2.22. The molecule has 2 aromatic carbocycles. The largest absolute Gasteiger partial charge is 0.355 e. The Balaban J connectivity index is 1.42. The summed E-state index contributed by atoms with van der Waals surface area (Å²) in [4.78, 5) is 14.7. The van der Waals surface area contributed by atoms with Gasteiger partial charge in [0.05, 0.1) is 5.69 Å². The molecule has 29 heavy (non-hydrogen) atoms. The highest BCUT2D eigenvalue weighted by Gasteiger charge is 2.12. The Kier molecular flexibility index (Phi) is 6.20. The van der Waals surface area contributed by atoms with Crippen molar-refractivity contribution in [3.05, 3.63) is 70.7 Å². The van der Waals surface area contributed by atoms with Gasteiger partial charge in [-0.1, -0.05) is 40.9 Å². The van der Waals surface area contributed by atoms with Gasteiger partial charge in [-0.05, 0) is 61.4 Å². The molecule has 5 nitrogen and oxygen atoms in total. The molecule has 0 radical (unpaired) electrons. The number of carbonyl (C=O) groups is 1. The number of rotatable bonds is 4. The summed E-state index contributed by atoms with van der Waals surface area (Å²) in [6.45, 7) is 2.11. The summed E-state index contributed by atoms with van der Waals surface area (Å²) >= 11 is 3.38. The third kappa shape index (κ3) is 5.01. The van der Waals surface area contributed by atoms with E-state index in [1.54, 1.807) is 12.1 Å². The number of hydrogen-bond donors (Lipinski definition) is 1. The zero-order valence-corrected chi connectivity index (χ0v) is 17.7. The van der Waals surface area contributed by atoms with E-state index in [2.05, 4.69) is 42.4 Å². The normalized spacial score (nSPS) is 14.3. The Morgan fingerprint density at radius 2 is 1.52 bits per heavy atom. The molecule has 1 aliphatic heterocycles. The third-order valence-corrected chi connectivity index (χ3v) is 5.65. The molecule has 148 valence electrons. The van der Waals surface area contributed by atoms with Gasteiger partial charge in [0.25, 0.3) is 5.91 Å². The Hall–Kier alpha value is -2.73. The Morgan fingerprint density at radius 1 is 0.828 bits per heavy atom. The van der Waals surface area contributed by atoms with Crippen molar-refractivity contribution in [3.8, 4) is 11.3 Å². The van der Waals surface area contributed by atoms with Crippen LogP contribution in [0.25, 0.3) is 11.3 Å². The smallest absolute Gasteiger partial charge is 0.255 e. The molecule has 1 aliphatic rings. The monoisotopic (exact) mass is 450 g/mol. The maximum Gasteiger partial charge on any atom is 0.255 e. The van der Waals surface area contributed by atoms with Crippen molar-refractivity contribution in [2.24, 2.45) is 0 Å². The molecule has 0 saturated carbocycles. The van der Waals surface area contributed by atoms with Crippen LogP contribution in [-0.4, -0.2) is 29.2 Å². The summed E-state index contributed by atoms with van der Waals surface area (Å²) in [5.41, 5.74) is 3.17. The molecule has 0 spiro atoms. The van der Waals surface area contributed by atoms with Crippen molar-refractivity contribution in [1.82, 2.24) is 10.2 Å². The average Bonchev–Trinajstić information content (AvgIpc) is 3.04. The maximum absolute atomic E-state index is 12.3. The lowest BCUT2D eigenvalue weighted by molar-refractivity contribution is 0.102. The number of anilines is 2. The quantitative estimate of drug-likeness (QED) is 0.566. The second kappa shape index (κ2) is 9.18. The Labute approximate surface area is 179 Å². The van der Waals surface area contributed by atoms with Gasteiger partial charge < -0.3 is 10.2 Å². The molecule has 3 aromatic rings. The molecule has 1 aromatic heterocycles. The van der Waals surface area contributed by atoms with E-state index in [1.165, 1.54) is 25.7 Å². The van der Waals surface area contributed by atoms with Crippen LogP contribution in [0, 0.1) is 0 Å². The number of carbonyl (C=O) groups excluding carboxylic acids is 1. The van der Waals surface area contributed by atoms with E-state index in [1.807, 2.05) is 42.5 Å². The van der Waals surface area contributed by atoms with Crippen molar-refractivity contribution < 1.29 is 4.79 Å². The molecule has 0 bridgehead atoms. The summed E-state index contributed by atoms with van der Waals surface area (Å²) in [5, 5.41) is 11.8. The minimum Gasteiger partial charge on any atom is -0.355 e. The molecule has 4 rings (SSSR count). The zero-order valence-electron chi connectivity index (χ0n) is 16.1. The van der Waals surface area contributed by atoms with Gasteiger partial charge in [-0.15, -0.1) is 10.2 Å². The van der Waals surface area contributed by atoms with Crippen LogP contribution >= 0.6 is 15.9 Å². The van der Waals surface area contributed by atoms with Crippen LogP contribution in [-0.2, 0) is 0 Å². The highest BCUT2D eigenvalue weighted by molar-refractivity contribution is 9.10. The van der Waals surface area contributed by atoms with Gasteiger partial charge in [0.15, 0.2) is 5.82 Å². The second-order valence-electron chi connectivity index (χ2n) is 7.22. The van der Waals surface area contributed by atoms with Gasteiger partial charge in [-0.2, -0.15) is 0 Å². The third-order valence-electron chi connectivity index (χ3n) is 5.13. The van der Waals surface area contributed by atoms with E-state index in [0.717, 1.165) is 40.3 Å². The van der Waals surface area contributed by atoms with Crippen molar-refractivity contribution in [2.75, 3.05) is 23.3 Å². The topological polar surface area (TPSA) is 58.1 Å². The van der Waals surface area contributed by atoms with Gasteiger partial charge in [0.1, 0.15) is 0 Å². The lowest BCUT2D eigenvalue weighted by Gasteiger charge is -2.20. The average molecular weight is 451 g/mol. The molecule has 0 unspecified atom stereocenters. The summed E-state index contributed by atoms with van der Waals surface area (Å²) < 4.78 is 0.946. The number of amides is 1. The predicted molar refractivity (Wildman–Crippen MR) is 120 cm³/mol. The van der Waals surface area contributed by atoms with E-state index in [4.69, 9.17) is 0 Å². The molecule has 1 saturated heterocycles. The van der Waals surface area contributed by atoms with Crippen LogP contribution in [0.1, 0.15) is 36.0 Å². The molecule has 1 N–H and O–H groups in total. The number of halogens is 1. The van der Waals surface area contributed by atoms with Crippen LogP contribution in [0.2, 0.25) is 0 Å². The molecule has 1 fully saturated rings. The fourth-order valence-corrected chi connectivity index (χ4v) is 3.74. The minimum absolute atomic E-state index is 0.133. The Morgan fingerprint density at radius 3 is 2.14 bits per heavy atom. The lowest BCUT2D eigenvalue weighted by Crippen LogP contribution is -2.25. The molecule has 0 aliphatic carbocycles. The van der Waals surface area contributed by atoms with Crippen molar-refractivity contribution in [1.29, 1.82) is 0 Å². The summed E-state index contributed by atoms with van der Waals surface area (Å²) in [5.74, 6) is 0.820. The lowest BCUT2D eigenvalue weighted by atomic mass is 10.1. The first-order valence-electron chi connectivity index (χ1n) is 9.95. The summed E-state index contributed by atoms with van der Waals surface area (Å²) in [6, 6.07) is 19.0. The number of benzene rings is 2. The van der Waals surface area contributed by atoms with Crippen molar-refractivity contribution in [3.63, 3.8) is 0 Å². The highest BCUT2D eigenvalue weighted by atomic mass is 79.9. The van der Waals surface area contributed by atoms with Gasteiger partial charge in [0.2, 0.25) is 0 Å². The maximum atomic E-state index is 12.3. The second-order valence-corrected chi connectivity index (χ2v) is 8.13. The molecule has 2 heterocycles. The fraction of sp³-hybridized carbons (Fsp3) is 0.261. The number of nitrogens with zero attached hydrogens (tertiary/aromatic N) is 3. The van der Waals surface area contributed by atoms with Gasteiger partial charge in [0, 0.05) is 34.4 Å². The van der Waals surface area contributed by atoms with E-state index in [9.17, 15) is 4.79 Å². The number of nitrogens with one attached hydrogen (secondary N) is 1. The minimum atomic E-state index is -0.133. The molecule has 1 amide bonds. The van der Waals surface area contributed by atoms with E-state index in [0.29, 0.717) is 5.56 Å². The molecular formula is C23H23BrN4O.